The minimum absolute atomic E-state index is 0.00682. The molecule has 1 fully saturated rings. The zero-order valence-corrected chi connectivity index (χ0v) is 12.8. The smallest absolute Gasteiger partial charge is 0.293 e. The number of nitro benzene ring substituents is 1. The van der Waals surface area contributed by atoms with Crippen molar-refractivity contribution < 1.29 is 9.72 Å². The third kappa shape index (κ3) is 3.23. The largest absolute Gasteiger partial charge is 0.365 e. The van der Waals surface area contributed by atoms with Crippen molar-refractivity contribution in [1.29, 1.82) is 0 Å². The minimum Gasteiger partial charge on any atom is -0.365 e. The summed E-state index contributed by atoms with van der Waals surface area (Å²) in [4.78, 5) is 24.2. The summed E-state index contributed by atoms with van der Waals surface area (Å²) in [5.41, 5.74) is 0.743. The van der Waals surface area contributed by atoms with E-state index in [1.807, 2.05) is 11.0 Å². The highest BCUT2D eigenvalue weighted by molar-refractivity contribution is 14.1. The van der Waals surface area contributed by atoms with Crippen molar-refractivity contribution in [1.82, 2.24) is 0 Å². The normalized spacial score (nSPS) is 19.3. The number of benzene rings is 1. The Labute approximate surface area is 125 Å². The molecular weight excluding hydrogens is 359 g/mol. The molecule has 1 unspecified atom stereocenters. The zero-order valence-electron chi connectivity index (χ0n) is 10.6. The number of Topliss-reactive ketones (excluding diaryl/α,β-unsaturated/α-hetero) is 1. The fourth-order valence-electron chi connectivity index (χ4n) is 2.44. The fourth-order valence-corrected chi connectivity index (χ4v) is 2.91. The van der Waals surface area contributed by atoms with Crippen molar-refractivity contribution in [2.24, 2.45) is 5.92 Å². The monoisotopic (exact) mass is 374 g/mol. The predicted octanol–water partition coefficient (Wildman–Crippen LogP) is 3.00. The third-order valence-electron chi connectivity index (χ3n) is 3.47. The van der Waals surface area contributed by atoms with Gasteiger partial charge in [0.15, 0.2) is 0 Å². The van der Waals surface area contributed by atoms with E-state index in [1.165, 1.54) is 0 Å². The van der Waals surface area contributed by atoms with E-state index in [0.717, 1.165) is 23.0 Å². The Morgan fingerprint density at radius 1 is 1.53 bits per heavy atom. The molecule has 102 valence electrons. The van der Waals surface area contributed by atoms with Crippen molar-refractivity contribution in [2.45, 2.75) is 19.8 Å². The Balaban J connectivity index is 2.30. The van der Waals surface area contributed by atoms with Crippen LogP contribution in [0.15, 0.2) is 18.2 Å². The van der Waals surface area contributed by atoms with Crippen LogP contribution in [0.2, 0.25) is 0 Å². The van der Waals surface area contributed by atoms with Gasteiger partial charge in [0.05, 0.1) is 4.92 Å². The lowest BCUT2D eigenvalue weighted by atomic mass is 9.94. The molecule has 1 aliphatic rings. The van der Waals surface area contributed by atoms with E-state index in [1.54, 1.807) is 19.1 Å². The Hall–Kier alpha value is -1.18. The maximum absolute atomic E-state index is 11.5. The van der Waals surface area contributed by atoms with Gasteiger partial charge in [0.1, 0.15) is 11.5 Å². The van der Waals surface area contributed by atoms with Gasteiger partial charge in [-0.05, 0) is 54.5 Å². The molecule has 1 aromatic rings. The molecule has 0 radical (unpaired) electrons. The van der Waals surface area contributed by atoms with Crippen LogP contribution in [0.4, 0.5) is 11.4 Å². The van der Waals surface area contributed by atoms with E-state index in [4.69, 9.17) is 0 Å². The van der Waals surface area contributed by atoms with Gasteiger partial charge >= 0.3 is 0 Å². The Morgan fingerprint density at radius 3 is 2.89 bits per heavy atom. The number of carbonyl (C=O) groups excluding carboxylic acids is 1. The average Bonchev–Trinajstić information content (AvgIpc) is 2.38. The summed E-state index contributed by atoms with van der Waals surface area (Å²) in [5.74, 6) is 0.158. The van der Waals surface area contributed by atoms with E-state index in [0.29, 0.717) is 12.2 Å². The first-order chi connectivity index (χ1) is 8.99. The average molecular weight is 374 g/mol. The number of piperidine rings is 1. The van der Waals surface area contributed by atoms with Gasteiger partial charge in [-0.15, -0.1) is 0 Å². The molecule has 6 heteroatoms. The maximum atomic E-state index is 11.5. The summed E-state index contributed by atoms with van der Waals surface area (Å²) in [6, 6.07) is 5.22. The molecule has 1 aliphatic heterocycles. The molecule has 0 spiro atoms. The molecule has 0 bridgehead atoms. The maximum Gasteiger partial charge on any atom is 0.293 e. The highest BCUT2D eigenvalue weighted by atomic mass is 127. The summed E-state index contributed by atoms with van der Waals surface area (Å²) in [6.45, 7) is 2.94. The number of nitrogens with zero attached hydrogens (tertiary/aromatic N) is 2. The van der Waals surface area contributed by atoms with Crippen LogP contribution in [0, 0.1) is 19.6 Å². The van der Waals surface area contributed by atoms with Gasteiger partial charge in [-0.3, -0.25) is 14.9 Å². The first kappa shape index (κ1) is 14.2. The first-order valence-corrected chi connectivity index (χ1v) is 7.26. The third-order valence-corrected chi connectivity index (χ3v) is 4.14. The molecule has 0 amide bonds. The minimum atomic E-state index is -0.352. The van der Waals surface area contributed by atoms with Crippen molar-refractivity contribution in [2.75, 3.05) is 18.0 Å². The van der Waals surface area contributed by atoms with Crippen molar-refractivity contribution in [3.63, 3.8) is 0 Å². The van der Waals surface area contributed by atoms with E-state index < -0.39 is 0 Å². The summed E-state index contributed by atoms with van der Waals surface area (Å²) in [5, 5.41) is 11.1. The van der Waals surface area contributed by atoms with Gasteiger partial charge in [0.2, 0.25) is 0 Å². The van der Waals surface area contributed by atoms with Crippen molar-refractivity contribution >= 4 is 39.7 Å². The van der Waals surface area contributed by atoms with Crippen LogP contribution in [0.5, 0.6) is 0 Å². The van der Waals surface area contributed by atoms with Crippen LogP contribution in [-0.2, 0) is 4.79 Å². The van der Waals surface area contributed by atoms with Crippen LogP contribution in [0.1, 0.15) is 19.8 Å². The highest BCUT2D eigenvalue weighted by Gasteiger charge is 2.27. The fraction of sp³-hybridized carbons (Fsp3) is 0.462. The lowest BCUT2D eigenvalue weighted by Crippen LogP contribution is -2.38. The second-order valence-electron chi connectivity index (χ2n) is 4.79. The van der Waals surface area contributed by atoms with E-state index in [2.05, 4.69) is 22.6 Å². The number of nitro groups is 1. The van der Waals surface area contributed by atoms with E-state index in [-0.39, 0.29) is 22.3 Å². The topological polar surface area (TPSA) is 63.5 Å². The molecule has 1 aromatic carbocycles. The van der Waals surface area contributed by atoms with Gasteiger partial charge < -0.3 is 4.90 Å². The molecule has 1 saturated heterocycles. The molecule has 1 atom stereocenters. The molecule has 5 nitrogen and oxygen atoms in total. The van der Waals surface area contributed by atoms with Gasteiger partial charge in [-0.25, -0.2) is 0 Å². The number of hydrogen-bond donors (Lipinski definition) is 0. The number of carbonyl (C=O) groups is 1. The molecule has 0 aliphatic carbocycles. The SMILES string of the molecule is CC(=O)C1CCCN(c2ccc(I)cc2[N+](=O)[O-])C1. The van der Waals surface area contributed by atoms with Crippen LogP contribution in [0.25, 0.3) is 0 Å². The molecule has 0 aromatic heterocycles. The molecular formula is C13H15IN2O3. The molecule has 0 N–H and O–H groups in total. The Morgan fingerprint density at radius 2 is 2.26 bits per heavy atom. The Kier molecular flexibility index (Phi) is 4.38. The molecule has 2 rings (SSSR count). The van der Waals surface area contributed by atoms with Gasteiger partial charge in [-0.2, -0.15) is 0 Å². The van der Waals surface area contributed by atoms with Crippen LogP contribution >= 0.6 is 22.6 Å². The predicted molar refractivity (Wildman–Crippen MR) is 81.4 cm³/mol. The van der Waals surface area contributed by atoms with E-state index in [9.17, 15) is 14.9 Å². The standard InChI is InChI=1S/C13H15IN2O3/c1-9(17)10-3-2-6-15(8-10)12-5-4-11(14)7-13(12)16(18)19/h4-5,7,10H,2-3,6,8H2,1H3. The summed E-state index contributed by atoms with van der Waals surface area (Å²) < 4.78 is 0.841. The van der Waals surface area contributed by atoms with Crippen molar-refractivity contribution in [3.8, 4) is 0 Å². The van der Waals surface area contributed by atoms with Gasteiger partial charge in [0.25, 0.3) is 5.69 Å². The highest BCUT2D eigenvalue weighted by Crippen LogP contribution is 2.32. The molecule has 19 heavy (non-hydrogen) atoms. The van der Waals surface area contributed by atoms with Crippen LogP contribution in [0.3, 0.4) is 0 Å². The van der Waals surface area contributed by atoms with Crippen LogP contribution < -0.4 is 4.90 Å². The van der Waals surface area contributed by atoms with Gasteiger partial charge in [0, 0.05) is 28.6 Å². The van der Waals surface area contributed by atoms with E-state index >= 15 is 0 Å². The quantitative estimate of drug-likeness (QED) is 0.464. The zero-order chi connectivity index (χ0) is 14.0. The van der Waals surface area contributed by atoms with Gasteiger partial charge in [-0.1, -0.05) is 0 Å². The summed E-state index contributed by atoms with van der Waals surface area (Å²) in [6.07, 6.45) is 1.78. The lowest BCUT2D eigenvalue weighted by Gasteiger charge is -2.32. The number of rotatable bonds is 3. The number of ketones is 1. The number of anilines is 1. The number of halogens is 1. The molecule has 0 saturated carbocycles. The molecule has 1 heterocycles. The van der Waals surface area contributed by atoms with Crippen LogP contribution in [-0.4, -0.2) is 23.8 Å². The number of hydrogen-bond acceptors (Lipinski definition) is 4. The second-order valence-corrected chi connectivity index (χ2v) is 6.03. The summed E-state index contributed by atoms with van der Waals surface area (Å²) >= 11 is 2.06. The summed E-state index contributed by atoms with van der Waals surface area (Å²) in [7, 11) is 0. The first-order valence-electron chi connectivity index (χ1n) is 6.18. The second kappa shape index (κ2) is 5.85. The lowest BCUT2D eigenvalue weighted by molar-refractivity contribution is -0.384. The van der Waals surface area contributed by atoms with Crippen molar-refractivity contribution in [3.05, 3.63) is 31.9 Å². The Bertz CT molecular complexity index is 519.